The van der Waals surface area contributed by atoms with E-state index < -0.39 is 5.41 Å². The molecule has 2 aliphatic rings. The first-order valence-electron chi connectivity index (χ1n) is 22.1. The van der Waals surface area contributed by atoms with Gasteiger partial charge >= 0.3 is 0 Å². The first kappa shape index (κ1) is 37.0. The van der Waals surface area contributed by atoms with Gasteiger partial charge < -0.3 is 18.6 Å². The van der Waals surface area contributed by atoms with Gasteiger partial charge in [-0.3, -0.25) is 0 Å². The zero-order valence-corrected chi connectivity index (χ0v) is 35.4. The van der Waals surface area contributed by atoms with E-state index in [-0.39, 0.29) is 0 Å². The molecule has 11 aromatic rings. The quantitative estimate of drug-likeness (QED) is 0.143. The third-order valence-electron chi connectivity index (χ3n) is 13.4. The lowest BCUT2D eigenvalue weighted by Gasteiger charge is -2.39. The van der Waals surface area contributed by atoms with Gasteiger partial charge in [0.1, 0.15) is 22.3 Å². The topological polar surface area (TPSA) is 32.8 Å². The van der Waals surface area contributed by atoms with Crippen molar-refractivity contribution < 1.29 is 8.83 Å². The number of hydrogen-bond donors (Lipinski definition) is 0. The van der Waals surface area contributed by atoms with Crippen molar-refractivity contribution in [2.45, 2.75) is 5.41 Å². The number of para-hydroxylation sites is 4. The fraction of sp³-hybridized carbons (Fsp3) is 0.0164. The Labute approximate surface area is 376 Å². The summed E-state index contributed by atoms with van der Waals surface area (Å²) in [5.41, 5.74) is 17.5. The fourth-order valence-corrected chi connectivity index (χ4v) is 10.8. The van der Waals surface area contributed by atoms with E-state index in [9.17, 15) is 0 Å². The predicted octanol–water partition coefficient (Wildman–Crippen LogP) is 16.6. The third-order valence-corrected chi connectivity index (χ3v) is 13.4. The van der Waals surface area contributed by atoms with Crippen LogP contribution in [0.1, 0.15) is 22.3 Å². The Bertz CT molecular complexity index is 3760. The average molecular weight is 833 g/mol. The van der Waals surface area contributed by atoms with E-state index in [2.05, 4.69) is 217 Å². The molecule has 0 bridgehead atoms. The molecule has 0 radical (unpaired) electrons. The summed E-state index contributed by atoms with van der Waals surface area (Å²) in [6.07, 6.45) is 6.18. The van der Waals surface area contributed by atoms with Crippen molar-refractivity contribution in [3.05, 3.63) is 265 Å². The highest BCUT2D eigenvalue weighted by Crippen LogP contribution is 2.64. The Morgan fingerprint density at radius 3 is 1.46 bits per heavy atom. The second-order valence-electron chi connectivity index (χ2n) is 16.8. The molecule has 2 aromatic heterocycles. The lowest BCUT2D eigenvalue weighted by molar-refractivity contribution is 0.668. The molecule has 0 N–H and O–H groups in total. The maximum Gasteiger partial charge on any atom is 0.137 e. The van der Waals surface area contributed by atoms with E-state index >= 15 is 0 Å². The Hall–Kier alpha value is -8.60. The number of allylic oxidation sites excluding steroid dienone is 5. The van der Waals surface area contributed by atoms with E-state index in [0.717, 1.165) is 83.6 Å². The van der Waals surface area contributed by atoms with Crippen LogP contribution < -0.4 is 9.80 Å². The Morgan fingerprint density at radius 1 is 0.369 bits per heavy atom. The molecule has 0 amide bonds. The summed E-state index contributed by atoms with van der Waals surface area (Å²) in [4.78, 5) is 4.81. The van der Waals surface area contributed by atoms with Gasteiger partial charge in [-0.2, -0.15) is 0 Å². The first-order valence-corrected chi connectivity index (χ1v) is 22.1. The number of hydrogen-bond acceptors (Lipinski definition) is 4. The molecule has 13 rings (SSSR count). The molecule has 1 unspecified atom stereocenters. The Morgan fingerprint density at radius 2 is 0.831 bits per heavy atom. The van der Waals surface area contributed by atoms with Crippen LogP contribution >= 0.6 is 0 Å². The Balaban J connectivity index is 1.08. The minimum Gasteiger partial charge on any atom is -0.456 e. The normalized spacial score (nSPS) is 15.1. The SMILES string of the molecule is C=C/C=C\C1=C(N(c2ccccc2)c2ccc3c(c2)oc2ccccc23)C2(c3ccccc31)c1ccccc1-c1cc(N(c3ccccc3)c3ccc4c(c3)oc3ccccc34)ccc12. The zero-order valence-electron chi connectivity index (χ0n) is 35.4. The van der Waals surface area contributed by atoms with Gasteiger partial charge in [-0.1, -0.05) is 152 Å². The van der Waals surface area contributed by atoms with Gasteiger partial charge in [0, 0.05) is 67.7 Å². The maximum atomic E-state index is 6.59. The van der Waals surface area contributed by atoms with Crippen molar-refractivity contribution in [3.63, 3.8) is 0 Å². The van der Waals surface area contributed by atoms with Crippen LogP contribution in [0.3, 0.4) is 0 Å². The third kappa shape index (κ3) is 5.44. The number of rotatable bonds is 8. The van der Waals surface area contributed by atoms with Gasteiger partial charge in [0.25, 0.3) is 0 Å². The predicted molar refractivity (Wildman–Crippen MR) is 269 cm³/mol. The average Bonchev–Trinajstić information content (AvgIpc) is 4.09. The van der Waals surface area contributed by atoms with Crippen LogP contribution in [0, 0.1) is 0 Å². The van der Waals surface area contributed by atoms with Gasteiger partial charge in [0.15, 0.2) is 0 Å². The molecule has 4 nitrogen and oxygen atoms in total. The molecule has 0 fully saturated rings. The van der Waals surface area contributed by atoms with Crippen molar-refractivity contribution in [1.29, 1.82) is 0 Å². The van der Waals surface area contributed by atoms with Crippen LogP contribution in [-0.4, -0.2) is 0 Å². The largest absolute Gasteiger partial charge is 0.456 e. The minimum absolute atomic E-state index is 0.717. The van der Waals surface area contributed by atoms with E-state index in [4.69, 9.17) is 8.83 Å². The summed E-state index contributed by atoms with van der Waals surface area (Å²) < 4.78 is 13.1. The van der Waals surface area contributed by atoms with Crippen LogP contribution in [0.4, 0.5) is 28.4 Å². The highest BCUT2D eigenvalue weighted by molar-refractivity contribution is 6.08. The number of furan rings is 2. The van der Waals surface area contributed by atoms with Crippen LogP contribution in [0.2, 0.25) is 0 Å². The molecule has 4 heteroatoms. The number of fused-ring (bicyclic) bond motifs is 13. The maximum absolute atomic E-state index is 6.59. The summed E-state index contributed by atoms with van der Waals surface area (Å²) in [5.74, 6) is 0. The molecule has 2 aliphatic carbocycles. The van der Waals surface area contributed by atoms with Crippen molar-refractivity contribution >= 4 is 77.9 Å². The van der Waals surface area contributed by atoms with Crippen LogP contribution in [0.5, 0.6) is 0 Å². The van der Waals surface area contributed by atoms with Gasteiger partial charge in [0.2, 0.25) is 0 Å². The van der Waals surface area contributed by atoms with E-state index in [1.165, 1.54) is 33.4 Å². The lowest BCUT2D eigenvalue weighted by Crippen LogP contribution is -2.35. The van der Waals surface area contributed by atoms with Crippen molar-refractivity contribution in [3.8, 4) is 11.1 Å². The second-order valence-corrected chi connectivity index (χ2v) is 16.8. The van der Waals surface area contributed by atoms with Crippen molar-refractivity contribution in [2.75, 3.05) is 9.80 Å². The minimum atomic E-state index is -0.717. The summed E-state index contributed by atoms with van der Waals surface area (Å²) in [5, 5.41) is 4.42. The van der Waals surface area contributed by atoms with Gasteiger partial charge in [-0.05, 0) is 106 Å². The highest BCUT2D eigenvalue weighted by Gasteiger charge is 2.55. The van der Waals surface area contributed by atoms with Gasteiger partial charge in [0.05, 0.1) is 11.1 Å². The molecule has 0 saturated carbocycles. The Kier molecular flexibility index (Phi) is 8.24. The monoisotopic (exact) mass is 832 g/mol. The van der Waals surface area contributed by atoms with Crippen molar-refractivity contribution in [2.24, 2.45) is 0 Å². The molecule has 1 atom stereocenters. The van der Waals surface area contributed by atoms with Crippen LogP contribution in [0.15, 0.2) is 252 Å². The fourth-order valence-electron chi connectivity index (χ4n) is 10.8. The summed E-state index contributed by atoms with van der Waals surface area (Å²) >= 11 is 0. The molecular formula is C61H40N2O2. The van der Waals surface area contributed by atoms with Crippen LogP contribution in [-0.2, 0) is 5.41 Å². The van der Waals surface area contributed by atoms with Crippen molar-refractivity contribution in [1.82, 2.24) is 0 Å². The highest BCUT2D eigenvalue weighted by atomic mass is 16.3. The van der Waals surface area contributed by atoms with Gasteiger partial charge in [-0.25, -0.2) is 0 Å². The lowest BCUT2D eigenvalue weighted by atomic mass is 9.71. The number of nitrogens with zero attached hydrogens (tertiary/aromatic N) is 2. The molecule has 1 spiro atoms. The molecule has 0 saturated heterocycles. The standard InChI is InChI=1S/C61H40N2O2/c1-2-3-22-51-45-23-10-14-27-53(45)61(60(51)63(41-20-8-5-9-21-41)44-32-35-50-48-26-13-17-30-57(48)65-59(50)39-44)54-28-15-11-24-46(54)52-37-42(33-36-55(52)61)62(40-18-6-4-7-19-40)43-31-34-49-47-25-12-16-29-56(47)64-58(49)38-43/h2-39H,1H2/b22-3-. The molecular weight excluding hydrogens is 793 g/mol. The smallest absolute Gasteiger partial charge is 0.137 e. The van der Waals surface area contributed by atoms with E-state index in [1.807, 2.05) is 30.3 Å². The molecule has 306 valence electrons. The number of benzene rings is 9. The molecule has 0 aliphatic heterocycles. The molecule has 2 heterocycles. The summed E-state index contributed by atoms with van der Waals surface area (Å²) in [6.45, 7) is 4.14. The summed E-state index contributed by atoms with van der Waals surface area (Å²) in [7, 11) is 0. The molecule has 65 heavy (non-hydrogen) atoms. The number of anilines is 5. The van der Waals surface area contributed by atoms with E-state index in [1.54, 1.807) is 0 Å². The molecule has 9 aromatic carbocycles. The second kappa shape index (κ2) is 14.5. The zero-order chi connectivity index (χ0) is 43.1. The van der Waals surface area contributed by atoms with Gasteiger partial charge in [-0.15, -0.1) is 0 Å². The first-order chi connectivity index (χ1) is 32.2. The van der Waals surface area contributed by atoms with E-state index in [0.29, 0.717) is 0 Å². The van der Waals surface area contributed by atoms with Crippen LogP contribution in [0.25, 0.3) is 60.6 Å². The summed E-state index contributed by atoms with van der Waals surface area (Å²) in [6, 6.07) is 76.2.